The standard InChI is InChI=1S/C16H14Cl2N2O2S/c1-7-13(19-2)11(9-6-10(17)23-15(9)18)12(16(21)22-3)14(20-7)8-4-5-8/h6,8,11,20H,4-5H2,1,3H3. The van der Waals surface area contributed by atoms with Gasteiger partial charge in [-0.05, 0) is 37.3 Å². The molecule has 1 N–H and O–H groups in total. The number of allylic oxidation sites excluding steroid dienone is 3. The zero-order valence-corrected chi connectivity index (χ0v) is 14.9. The Labute approximate surface area is 148 Å². The first kappa shape index (κ1) is 16.4. The van der Waals surface area contributed by atoms with Gasteiger partial charge in [-0.1, -0.05) is 23.2 Å². The maximum absolute atomic E-state index is 12.5. The number of carbonyl (C=O) groups excluding carboxylic acids is 1. The Balaban J connectivity index is 2.23. The van der Waals surface area contributed by atoms with Gasteiger partial charge in [0.25, 0.3) is 0 Å². The molecule has 7 heteroatoms. The molecule has 0 radical (unpaired) electrons. The molecule has 1 saturated carbocycles. The van der Waals surface area contributed by atoms with Crippen molar-refractivity contribution in [3.05, 3.63) is 54.4 Å². The van der Waals surface area contributed by atoms with E-state index in [0.717, 1.165) is 24.2 Å². The van der Waals surface area contributed by atoms with Crippen LogP contribution in [-0.2, 0) is 9.53 Å². The van der Waals surface area contributed by atoms with Crippen molar-refractivity contribution in [3.63, 3.8) is 0 Å². The Morgan fingerprint density at radius 2 is 2.17 bits per heavy atom. The van der Waals surface area contributed by atoms with E-state index in [0.29, 0.717) is 31.4 Å². The van der Waals surface area contributed by atoms with Gasteiger partial charge in [-0.15, -0.1) is 11.3 Å². The average molecular weight is 369 g/mol. The second-order valence-corrected chi connectivity index (χ2v) is 7.84. The summed E-state index contributed by atoms with van der Waals surface area (Å²) in [7, 11) is 1.35. The largest absolute Gasteiger partial charge is 0.466 e. The minimum Gasteiger partial charge on any atom is -0.466 e. The molecule has 3 rings (SSSR count). The molecule has 1 unspecified atom stereocenters. The van der Waals surface area contributed by atoms with Crippen LogP contribution in [0.2, 0.25) is 8.67 Å². The Kier molecular flexibility index (Phi) is 4.41. The lowest BCUT2D eigenvalue weighted by molar-refractivity contribution is -0.136. The highest BCUT2D eigenvalue weighted by Crippen LogP contribution is 2.49. The first-order chi connectivity index (χ1) is 11.0. The van der Waals surface area contributed by atoms with Gasteiger partial charge >= 0.3 is 5.97 Å². The Hall–Kier alpha value is -1.48. The fraction of sp³-hybridized carbons (Fsp3) is 0.375. The van der Waals surface area contributed by atoms with Gasteiger partial charge in [0.05, 0.1) is 33.8 Å². The predicted molar refractivity (Wildman–Crippen MR) is 91.3 cm³/mol. The van der Waals surface area contributed by atoms with E-state index in [4.69, 9.17) is 34.5 Å². The number of rotatable bonds is 3. The quantitative estimate of drug-likeness (QED) is 0.619. The van der Waals surface area contributed by atoms with Gasteiger partial charge in [0.15, 0.2) is 5.70 Å². The van der Waals surface area contributed by atoms with Crippen LogP contribution < -0.4 is 5.32 Å². The van der Waals surface area contributed by atoms with Gasteiger partial charge < -0.3 is 10.1 Å². The molecule has 23 heavy (non-hydrogen) atoms. The minimum absolute atomic E-state index is 0.307. The highest BCUT2D eigenvalue weighted by atomic mass is 35.5. The number of halogens is 2. The summed E-state index contributed by atoms with van der Waals surface area (Å²) in [5.41, 5.74) is 3.21. The monoisotopic (exact) mass is 368 g/mol. The first-order valence-corrected chi connectivity index (χ1v) is 8.67. The van der Waals surface area contributed by atoms with E-state index in [1.165, 1.54) is 18.4 Å². The molecule has 1 aliphatic carbocycles. The normalized spacial score (nSPS) is 21.1. The van der Waals surface area contributed by atoms with Crippen molar-refractivity contribution in [1.82, 2.24) is 5.32 Å². The van der Waals surface area contributed by atoms with E-state index in [1.54, 1.807) is 6.07 Å². The molecule has 2 aliphatic rings. The molecule has 1 aromatic heterocycles. The molecule has 0 saturated heterocycles. The number of hydrogen-bond acceptors (Lipinski definition) is 4. The van der Waals surface area contributed by atoms with Crippen molar-refractivity contribution in [2.24, 2.45) is 5.92 Å². The van der Waals surface area contributed by atoms with Gasteiger partial charge in [-0.3, -0.25) is 0 Å². The van der Waals surface area contributed by atoms with Crippen LogP contribution in [0.1, 0.15) is 31.2 Å². The zero-order valence-electron chi connectivity index (χ0n) is 12.6. The summed E-state index contributed by atoms with van der Waals surface area (Å²) in [6.45, 7) is 9.39. The minimum atomic E-state index is -0.534. The summed E-state index contributed by atoms with van der Waals surface area (Å²) in [5, 5.41) is 3.24. The third-order valence-corrected chi connectivity index (χ3v) is 5.58. The fourth-order valence-corrected chi connectivity index (χ4v) is 4.41. The second kappa shape index (κ2) is 6.20. The molecule has 0 bridgehead atoms. The third kappa shape index (κ3) is 2.87. The molecule has 4 nitrogen and oxygen atoms in total. The highest BCUT2D eigenvalue weighted by molar-refractivity contribution is 7.20. The molecular formula is C16H14Cl2N2O2S. The van der Waals surface area contributed by atoms with E-state index in [1.807, 2.05) is 6.92 Å². The Bertz CT molecular complexity index is 784. The number of carbonyl (C=O) groups is 1. The van der Waals surface area contributed by atoms with Crippen LogP contribution in [0.15, 0.2) is 28.7 Å². The van der Waals surface area contributed by atoms with Crippen molar-refractivity contribution in [1.29, 1.82) is 0 Å². The highest BCUT2D eigenvalue weighted by Gasteiger charge is 2.41. The van der Waals surface area contributed by atoms with E-state index in [2.05, 4.69) is 10.2 Å². The summed E-state index contributed by atoms with van der Waals surface area (Å²) < 4.78 is 6.01. The van der Waals surface area contributed by atoms with Crippen molar-refractivity contribution in [3.8, 4) is 0 Å². The molecule has 0 spiro atoms. The topological polar surface area (TPSA) is 42.7 Å². The number of methoxy groups -OCH3 is 1. The Morgan fingerprint density at radius 3 is 2.65 bits per heavy atom. The number of nitrogens with one attached hydrogen (secondary N) is 1. The van der Waals surface area contributed by atoms with Crippen LogP contribution >= 0.6 is 34.5 Å². The zero-order chi connectivity index (χ0) is 16.7. The van der Waals surface area contributed by atoms with Crippen LogP contribution in [0.25, 0.3) is 4.85 Å². The molecule has 120 valence electrons. The van der Waals surface area contributed by atoms with E-state index in [9.17, 15) is 4.79 Å². The van der Waals surface area contributed by atoms with Crippen LogP contribution in [0, 0.1) is 12.5 Å². The number of nitrogens with zero attached hydrogens (tertiary/aromatic N) is 1. The van der Waals surface area contributed by atoms with Gasteiger partial charge in [-0.2, -0.15) is 0 Å². The summed E-state index contributed by atoms with van der Waals surface area (Å²) in [6.07, 6.45) is 2.04. The van der Waals surface area contributed by atoms with E-state index in [-0.39, 0.29) is 0 Å². The number of ether oxygens (including phenoxy) is 1. The molecule has 2 heterocycles. The summed E-state index contributed by atoms with van der Waals surface area (Å²) >= 11 is 13.6. The summed E-state index contributed by atoms with van der Waals surface area (Å²) in [6, 6.07) is 1.73. The van der Waals surface area contributed by atoms with Gasteiger partial charge in [0.2, 0.25) is 0 Å². The fourth-order valence-electron chi connectivity index (χ4n) is 2.87. The maximum atomic E-state index is 12.5. The van der Waals surface area contributed by atoms with Gasteiger partial charge in [0, 0.05) is 11.4 Å². The molecule has 1 atom stereocenters. The molecule has 1 aliphatic heterocycles. The first-order valence-electron chi connectivity index (χ1n) is 7.10. The molecule has 0 aromatic carbocycles. The van der Waals surface area contributed by atoms with E-state index < -0.39 is 11.9 Å². The average Bonchev–Trinajstić information content (AvgIpc) is 3.30. The van der Waals surface area contributed by atoms with Crippen LogP contribution in [0.5, 0.6) is 0 Å². The van der Waals surface area contributed by atoms with Crippen LogP contribution in [0.3, 0.4) is 0 Å². The summed E-state index contributed by atoms with van der Waals surface area (Å²) in [5.74, 6) is -0.661. The Morgan fingerprint density at radius 1 is 1.48 bits per heavy atom. The lowest BCUT2D eigenvalue weighted by atomic mass is 9.84. The lowest BCUT2D eigenvalue weighted by Gasteiger charge is -2.29. The molecule has 0 amide bonds. The number of dihydropyridines is 1. The van der Waals surface area contributed by atoms with Crippen LogP contribution in [0.4, 0.5) is 0 Å². The summed E-state index contributed by atoms with van der Waals surface area (Å²) in [4.78, 5) is 16.1. The SMILES string of the molecule is [C-]#[N+]C1=C(C)NC(C2CC2)=C(C(=O)OC)C1c1cc(Cl)sc1Cl. The number of hydrogen-bond donors (Lipinski definition) is 1. The van der Waals surface area contributed by atoms with E-state index >= 15 is 0 Å². The van der Waals surface area contributed by atoms with Crippen molar-refractivity contribution >= 4 is 40.5 Å². The lowest BCUT2D eigenvalue weighted by Crippen LogP contribution is -2.29. The maximum Gasteiger partial charge on any atom is 0.335 e. The van der Waals surface area contributed by atoms with Crippen LogP contribution in [-0.4, -0.2) is 13.1 Å². The number of thiophene rings is 1. The second-order valence-electron chi connectivity index (χ2n) is 5.55. The molecule has 1 fully saturated rings. The molecular weight excluding hydrogens is 355 g/mol. The smallest absolute Gasteiger partial charge is 0.335 e. The van der Waals surface area contributed by atoms with Gasteiger partial charge in [-0.25, -0.2) is 9.64 Å². The van der Waals surface area contributed by atoms with Crippen molar-refractivity contribution < 1.29 is 9.53 Å². The van der Waals surface area contributed by atoms with Crippen molar-refractivity contribution in [2.75, 3.05) is 7.11 Å². The number of esters is 1. The predicted octanol–water partition coefficient (Wildman–Crippen LogP) is 4.73. The van der Waals surface area contributed by atoms with Crippen molar-refractivity contribution in [2.45, 2.75) is 25.7 Å². The third-order valence-electron chi connectivity index (χ3n) is 4.06. The molecule has 1 aromatic rings. The van der Waals surface area contributed by atoms with Gasteiger partial charge in [0.1, 0.15) is 0 Å².